The first kappa shape index (κ1) is 23.9. The fraction of sp³-hybridized carbons (Fsp3) is 0.571. The van der Waals surface area contributed by atoms with Gasteiger partial charge in [-0.25, -0.2) is 15.0 Å². The van der Waals surface area contributed by atoms with Crippen LogP contribution < -0.4 is 15.4 Å². The molecule has 0 aliphatic heterocycles. The monoisotopic (exact) mass is 529 g/mol. The van der Waals surface area contributed by atoms with E-state index in [4.69, 9.17) is 4.74 Å². The smallest absolute Gasteiger partial charge is 0.213 e. The van der Waals surface area contributed by atoms with E-state index in [0.29, 0.717) is 25.1 Å². The van der Waals surface area contributed by atoms with Gasteiger partial charge in [0, 0.05) is 24.2 Å². The van der Waals surface area contributed by atoms with Crippen molar-refractivity contribution in [3.8, 4) is 5.88 Å². The summed E-state index contributed by atoms with van der Waals surface area (Å²) in [4.78, 5) is 13.8. The Morgan fingerprint density at radius 1 is 1.28 bits per heavy atom. The molecule has 2 aromatic rings. The molecule has 0 radical (unpaired) electrons. The van der Waals surface area contributed by atoms with Gasteiger partial charge in [0.05, 0.1) is 18.8 Å². The van der Waals surface area contributed by atoms with Crippen LogP contribution in [0.4, 0.5) is 0 Å². The number of aliphatic imine (C=N–C) groups is 1. The minimum absolute atomic E-state index is 0. The van der Waals surface area contributed by atoms with Crippen molar-refractivity contribution in [3.05, 3.63) is 40.0 Å². The lowest BCUT2D eigenvalue weighted by atomic mass is 10.2. The highest BCUT2D eigenvalue weighted by atomic mass is 127. The van der Waals surface area contributed by atoms with Crippen LogP contribution in [-0.2, 0) is 13.1 Å². The van der Waals surface area contributed by atoms with E-state index in [1.54, 1.807) is 11.3 Å². The molecule has 1 aliphatic rings. The Kier molecular flexibility index (Phi) is 10.1. The number of aromatic nitrogens is 2. The first-order chi connectivity index (χ1) is 13.6. The largest absolute Gasteiger partial charge is 0.474 e. The number of hydrogen-bond donors (Lipinski definition) is 2. The maximum Gasteiger partial charge on any atom is 0.213 e. The lowest BCUT2D eigenvalue weighted by Crippen LogP contribution is -2.36. The molecule has 6 nitrogen and oxygen atoms in total. The molecule has 1 aliphatic carbocycles. The molecule has 160 valence electrons. The summed E-state index contributed by atoms with van der Waals surface area (Å²) in [5, 5.41) is 9.85. The first-order valence-corrected chi connectivity index (χ1v) is 11.1. The molecule has 2 aromatic heterocycles. The number of nitrogens with zero attached hydrogens (tertiary/aromatic N) is 3. The highest BCUT2D eigenvalue weighted by Crippen LogP contribution is 2.23. The van der Waals surface area contributed by atoms with Crippen molar-refractivity contribution in [1.82, 2.24) is 20.6 Å². The van der Waals surface area contributed by atoms with Crippen molar-refractivity contribution in [3.63, 3.8) is 0 Å². The van der Waals surface area contributed by atoms with Crippen LogP contribution in [0.15, 0.2) is 28.7 Å². The second kappa shape index (κ2) is 12.3. The average Bonchev–Trinajstić information content (AvgIpc) is 3.37. The summed E-state index contributed by atoms with van der Waals surface area (Å²) in [7, 11) is 0. The van der Waals surface area contributed by atoms with Crippen LogP contribution >= 0.6 is 35.3 Å². The van der Waals surface area contributed by atoms with E-state index in [0.717, 1.165) is 47.5 Å². The fourth-order valence-corrected chi connectivity index (χ4v) is 3.99. The number of thiazole rings is 1. The molecule has 3 rings (SSSR count). The molecular formula is C21H32IN5OS. The Balaban J connectivity index is 0.00000300. The maximum atomic E-state index is 5.92. The van der Waals surface area contributed by atoms with Gasteiger partial charge in [-0.3, -0.25) is 0 Å². The van der Waals surface area contributed by atoms with Gasteiger partial charge in [0.1, 0.15) is 11.1 Å². The van der Waals surface area contributed by atoms with Crippen molar-refractivity contribution >= 4 is 41.3 Å². The molecule has 0 atom stereocenters. The van der Waals surface area contributed by atoms with Crippen molar-refractivity contribution in [2.75, 3.05) is 6.54 Å². The number of guanidine groups is 1. The van der Waals surface area contributed by atoms with Crippen LogP contribution in [0.2, 0.25) is 0 Å². The second-order valence-corrected chi connectivity index (χ2v) is 8.34. The molecule has 2 N–H and O–H groups in total. The van der Waals surface area contributed by atoms with Gasteiger partial charge >= 0.3 is 0 Å². The Bertz CT molecular complexity index is 757. The van der Waals surface area contributed by atoms with E-state index in [9.17, 15) is 0 Å². The molecule has 1 saturated carbocycles. The molecule has 0 spiro atoms. The summed E-state index contributed by atoms with van der Waals surface area (Å²) in [6.45, 7) is 8.45. The van der Waals surface area contributed by atoms with E-state index < -0.39 is 0 Å². The molecule has 8 heteroatoms. The molecule has 0 unspecified atom stereocenters. The number of hydrogen-bond acceptors (Lipinski definition) is 5. The summed E-state index contributed by atoms with van der Waals surface area (Å²) < 4.78 is 5.92. The molecule has 0 bridgehead atoms. The van der Waals surface area contributed by atoms with E-state index >= 15 is 0 Å². The highest BCUT2D eigenvalue weighted by Gasteiger charge is 2.16. The number of ether oxygens (including phenoxy) is 1. The van der Waals surface area contributed by atoms with Gasteiger partial charge < -0.3 is 15.4 Å². The van der Waals surface area contributed by atoms with Crippen LogP contribution in [0.5, 0.6) is 5.88 Å². The van der Waals surface area contributed by atoms with E-state index in [1.807, 2.05) is 18.3 Å². The third kappa shape index (κ3) is 7.73. The Morgan fingerprint density at radius 3 is 2.69 bits per heavy atom. The lowest BCUT2D eigenvalue weighted by Gasteiger charge is -2.12. The summed E-state index contributed by atoms with van der Waals surface area (Å²) in [6, 6.07) is 3.99. The summed E-state index contributed by atoms with van der Waals surface area (Å²) >= 11 is 1.69. The zero-order valence-electron chi connectivity index (χ0n) is 17.5. The Labute approximate surface area is 195 Å². The van der Waals surface area contributed by atoms with Gasteiger partial charge in [-0.15, -0.1) is 35.3 Å². The van der Waals surface area contributed by atoms with Crippen LogP contribution in [0, 0.1) is 0 Å². The highest BCUT2D eigenvalue weighted by molar-refractivity contribution is 14.0. The van der Waals surface area contributed by atoms with Crippen LogP contribution in [0.25, 0.3) is 0 Å². The predicted molar refractivity (Wildman–Crippen MR) is 130 cm³/mol. The zero-order valence-corrected chi connectivity index (χ0v) is 20.6. The zero-order chi connectivity index (χ0) is 19.8. The standard InChI is InChI=1S/C21H31N5OS.HI/c1-4-22-21(25-13-20-26-18(14-28-20)15(2)3)24-12-16-9-10-19(23-11-16)27-17-7-5-6-8-17;/h9-11,14-15,17H,4-8,12-13H2,1-3H3,(H2,22,24,25);1H. The lowest BCUT2D eigenvalue weighted by molar-refractivity contribution is 0.201. The molecule has 0 saturated heterocycles. The normalized spacial score (nSPS) is 14.7. The van der Waals surface area contributed by atoms with Crippen LogP contribution in [0.3, 0.4) is 0 Å². The van der Waals surface area contributed by atoms with Gasteiger partial charge in [-0.2, -0.15) is 0 Å². The maximum absolute atomic E-state index is 5.92. The third-order valence-electron chi connectivity index (χ3n) is 4.72. The third-order valence-corrected chi connectivity index (χ3v) is 5.59. The second-order valence-electron chi connectivity index (χ2n) is 7.40. The molecule has 1 fully saturated rings. The van der Waals surface area contributed by atoms with E-state index in [-0.39, 0.29) is 24.0 Å². The van der Waals surface area contributed by atoms with Crippen molar-refractivity contribution in [2.24, 2.45) is 4.99 Å². The fourth-order valence-electron chi connectivity index (χ4n) is 3.09. The average molecular weight is 529 g/mol. The topological polar surface area (TPSA) is 71.4 Å². The van der Waals surface area contributed by atoms with Gasteiger partial charge in [-0.05, 0) is 44.1 Å². The number of pyridine rings is 1. The quantitative estimate of drug-likeness (QED) is 0.291. The molecule has 2 heterocycles. The number of rotatable bonds is 8. The van der Waals surface area contributed by atoms with Gasteiger partial charge in [0.25, 0.3) is 0 Å². The summed E-state index contributed by atoms with van der Waals surface area (Å²) in [5.74, 6) is 1.96. The van der Waals surface area contributed by atoms with Crippen molar-refractivity contribution in [2.45, 2.75) is 71.6 Å². The summed E-state index contributed by atoms with van der Waals surface area (Å²) in [6.07, 6.45) is 7.00. The molecular weight excluding hydrogens is 497 g/mol. The molecule has 0 amide bonds. The van der Waals surface area contributed by atoms with E-state index in [2.05, 4.69) is 51.7 Å². The minimum Gasteiger partial charge on any atom is -0.474 e. The van der Waals surface area contributed by atoms with Gasteiger partial charge in [-0.1, -0.05) is 19.9 Å². The Hall–Kier alpha value is -1.42. The number of halogens is 1. The van der Waals surface area contributed by atoms with Gasteiger partial charge in [0.2, 0.25) is 5.88 Å². The summed E-state index contributed by atoms with van der Waals surface area (Å²) in [5.41, 5.74) is 2.21. The minimum atomic E-state index is 0. The number of nitrogens with one attached hydrogen (secondary N) is 2. The van der Waals surface area contributed by atoms with Crippen LogP contribution in [-0.4, -0.2) is 28.6 Å². The molecule has 29 heavy (non-hydrogen) atoms. The molecule has 0 aromatic carbocycles. The van der Waals surface area contributed by atoms with E-state index in [1.165, 1.54) is 12.8 Å². The SMILES string of the molecule is CCNC(=NCc1ccc(OC2CCCC2)nc1)NCc1nc(C(C)C)cs1.I. The van der Waals surface area contributed by atoms with Crippen LogP contribution in [0.1, 0.15) is 68.6 Å². The first-order valence-electron chi connectivity index (χ1n) is 10.2. The van der Waals surface area contributed by atoms with Crippen molar-refractivity contribution in [1.29, 1.82) is 0 Å². The Morgan fingerprint density at radius 2 is 2.07 bits per heavy atom. The van der Waals surface area contributed by atoms with Crippen molar-refractivity contribution < 1.29 is 4.74 Å². The van der Waals surface area contributed by atoms with Gasteiger partial charge in [0.15, 0.2) is 5.96 Å². The predicted octanol–water partition coefficient (Wildman–Crippen LogP) is 4.86.